The number of carbonyl (C=O) groups is 1. The smallest absolute Gasteiger partial charge is 0.264 e. The van der Waals surface area contributed by atoms with E-state index < -0.39 is 5.54 Å². The van der Waals surface area contributed by atoms with Crippen LogP contribution >= 0.6 is 24.0 Å². The van der Waals surface area contributed by atoms with Gasteiger partial charge in [-0.1, -0.05) is 29.6 Å². The molecule has 0 radical (unpaired) electrons. The molecule has 1 heterocycles. The molecule has 152 valence electrons. The van der Waals surface area contributed by atoms with E-state index in [0.717, 1.165) is 25.7 Å². The molecule has 8 heteroatoms. The molecule has 0 atom stereocenters. The normalized spacial score (nSPS) is 15.0. The van der Waals surface area contributed by atoms with Crippen LogP contribution in [0.15, 0.2) is 53.1 Å². The van der Waals surface area contributed by atoms with E-state index in [2.05, 4.69) is 10.1 Å². The van der Waals surface area contributed by atoms with Crippen LogP contribution in [-0.2, 0) is 12.1 Å². The Morgan fingerprint density at radius 2 is 1.66 bits per heavy atom. The Bertz CT molecular complexity index is 966. The van der Waals surface area contributed by atoms with Crippen LogP contribution in [0.4, 0.5) is 0 Å². The zero-order valence-electron chi connectivity index (χ0n) is 15.6. The monoisotopic (exact) mass is 433 g/mol. The summed E-state index contributed by atoms with van der Waals surface area (Å²) < 4.78 is 11.0. The molecule has 0 unspecified atom stereocenters. The highest BCUT2D eigenvalue weighted by molar-refractivity contribution is 6.30. The third-order valence-electron chi connectivity index (χ3n) is 4.99. The van der Waals surface area contributed by atoms with Gasteiger partial charge < -0.3 is 15.0 Å². The lowest BCUT2D eigenvalue weighted by Crippen LogP contribution is -2.34. The van der Waals surface area contributed by atoms with Gasteiger partial charge >= 0.3 is 0 Å². The third-order valence-corrected chi connectivity index (χ3v) is 5.25. The van der Waals surface area contributed by atoms with Crippen LogP contribution in [0.5, 0.6) is 5.75 Å². The summed E-state index contributed by atoms with van der Waals surface area (Å²) in [6, 6.07) is 13.7. The summed E-state index contributed by atoms with van der Waals surface area (Å²) in [6.07, 6.45) is 3.90. The molecule has 2 aromatic carbocycles. The number of nitrogens with two attached hydrogens (primary N) is 1. The Morgan fingerprint density at radius 3 is 2.28 bits per heavy atom. The van der Waals surface area contributed by atoms with Crippen molar-refractivity contribution < 1.29 is 14.1 Å². The first-order valence-electron chi connectivity index (χ1n) is 9.19. The van der Waals surface area contributed by atoms with Gasteiger partial charge in [-0.25, -0.2) is 0 Å². The highest BCUT2D eigenvalue weighted by atomic mass is 35.5. The molecule has 1 saturated carbocycles. The van der Waals surface area contributed by atoms with Crippen LogP contribution in [-0.4, -0.2) is 15.9 Å². The van der Waals surface area contributed by atoms with E-state index in [-0.39, 0.29) is 24.8 Å². The first-order chi connectivity index (χ1) is 13.5. The van der Waals surface area contributed by atoms with Crippen molar-refractivity contribution in [3.8, 4) is 5.75 Å². The second kappa shape index (κ2) is 8.95. The predicted octanol–water partition coefficient (Wildman–Crippen LogP) is 4.68. The summed E-state index contributed by atoms with van der Waals surface area (Å²) in [6.45, 7) is 0.146. The van der Waals surface area contributed by atoms with Crippen molar-refractivity contribution in [2.75, 3.05) is 0 Å². The van der Waals surface area contributed by atoms with E-state index in [0.29, 0.717) is 33.6 Å². The van der Waals surface area contributed by atoms with E-state index in [1.165, 1.54) is 0 Å². The number of hydrogen-bond acceptors (Lipinski definition) is 6. The van der Waals surface area contributed by atoms with E-state index in [4.69, 9.17) is 26.6 Å². The van der Waals surface area contributed by atoms with Gasteiger partial charge in [-0.3, -0.25) is 4.79 Å². The van der Waals surface area contributed by atoms with Crippen molar-refractivity contribution in [3.63, 3.8) is 0 Å². The van der Waals surface area contributed by atoms with Gasteiger partial charge in [0.2, 0.25) is 0 Å². The summed E-state index contributed by atoms with van der Waals surface area (Å²) in [5.41, 5.74) is 7.01. The van der Waals surface area contributed by atoms with Crippen LogP contribution in [0, 0.1) is 0 Å². The maximum Gasteiger partial charge on any atom is 0.264 e. The molecular weight excluding hydrogens is 413 g/mol. The van der Waals surface area contributed by atoms with Crippen LogP contribution in [0.3, 0.4) is 0 Å². The number of aromatic nitrogens is 2. The van der Waals surface area contributed by atoms with Gasteiger partial charge in [0.05, 0.1) is 5.54 Å². The Labute approximate surface area is 179 Å². The first kappa shape index (κ1) is 21.3. The van der Waals surface area contributed by atoms with Gasteiger partial charge in [0, 0.05) is 16.1 Å². The van der Waals surface area contributed by atoms with Gasteiger partial charge in [-0.05, 0) is 61.4 Å². The highest BCUT2D eigenvalue weighted by Gasteiger charge is 2.35. The van der Waals surface area contributed by atoms with Gasteiger partial charge in [0.25, 0.3) is 5.89 Å². The van der Waals surface area contributed by atoms with E-state index in [1.54, 1.807) is 48.5 Å². The molecule has 0 spiro atoms. The molecule has 0 aliphatic heterocycles. The largest absolute Gasteiger partial charge is 0.484 e. The molecule has 3 aromatic rings. The molecule has 0 bridgehead atoms. The van der Waals surface area contributed by atoms with Crippen molar-refractivity contribution in [3.05, 3.63) is 76.4 Å². The van der Waals surface area contributed by atoms with Crippen molar-refractivity contribution in [1.82, 2.24) is 10.1 Å². The summed E-state index contributed by atoms with van der Waals surface area (Å²) >= 11 is 5.86. The first-order valence-corrected chi connectivity index (χ1v) is 9.56. The minimum Gasteiger partial charge on any atom is -0.484 e. The number of ketones is 1. The van der Waals surface area contributed by atoms with Crippen LogP contribution in [0.1, 0.15) is 53.3 Å². The summed E-state index contributed by atoms with van der Waals surface area (Å²) in [5.74, 6) is 1.46. The van der Waals surface area contributed by atoms with Crippen LogP contribution in [0.2, 0.25) is 5.02 Å². The molecule has 1 aromatic heterocycles. The summed E-state index contributed by atoms with van der Waals surface area (Å²) in [4.78, 5) is 16.9. The Morgan fingerprint density at radius 1 is 1.07 bits per heavy atom. The topological polar surface area (TPSA) is 91.2 Å². The fourth-order valence-electron chi connectivity index (χ4n) is 3.36. The Hall–Kier alpha value is -2.41. The second-order valence-corrected chi connectivity index (χ2v) is 7.46. The molecule has 1 aliphatic rings. The lowest BCUT2D eigenvalue weighted by molar-refractivity contribution is 0.103. The molecule has 0 saturated heterocycles. The highest BCUT2D eigenvalue weighted by Crippen LogP contribution is 2.34. The average Bonchev–Trinajstić information content (AvgIpc) is 3.37. The van der Waals surface area contributed by atoms with Crippen molar-refractivity contribution in [2.45, 2.75) is 37.8 Å². The van der Waals surface area contributed by atoms with E-state index >= 15 is 0 Å². The second-order valence-electron chi connectivity index (χ2n) is 7.02. The van der Waals surface area contributed by atoms with Crippen molar-refractivity contribution >= 4 is 29.8 Å². The quantitative estimate of drug-likeness (QED) is 0.567. The van der Waals surface area contributed by atoms with Gasteiger partial charge in [0.15, 0.2) is 18.2 Å². The number of nitrogens with zero attached hydrogens (tertiary/aromatic N) is 2. The molecule has 1 aliphatic carbocycles. The molecule has 2 N–H and O–H groups in total. The number of rotatable bonds is 6. The molecular formula is C21H21Cl2N3O3. The van der Waals surface area contributed by atoms with Crippen LogP contribution < -0.4 is 10.5 Å². The van der Waals surface area contributed by atoms with Gasteiger partial charge in [-0.15, -0.1) is 12.4 Å². The molecule has 4 rings (SSSR count). The Kier molecular flexibility index (Phi) is 6.57. The predicted molar refractivity (Wildman–Crippen MR) is 112 cm³/mol. The summed E-state index contributed by atoms with van der Waals surface area (Å²) in [5, 5.41) is 4.61. The minimum atomic E-state index is -0.481. The maximum absolute atomic E-state index is 12.5. The van der Waals surface area contributed by atoms with Gasteiger partial charge in [-0.2, -0.15) is 4.98 Å². The number of benzene rings is 2. The fraction of sp³-hybridized carbons (Fsp3) is 0.286. The molecule has 6 nitrogen and oxygen atoms in total. The number of hydrogen-bond donors (Lipinski definition) is 1. The minimum absolute atomic E-state index is 0. The fourth-order valence-corrected chi connectivity index (χ4v) is 3.49. The number of ether oxygens (including phenoxy) is 1. The lowest BCUT2D eigenvalue weighted by Gasteiger charge is -2.17. The zero-order valence-corrected chi connectivity index (χ0v) is 17.2. The lowest BCUT2D eigenvalue weighted by atomic mass is 9.99. The third kappa shape index (κ3) is 4.78. The number of halogens is 2. The van der Waals surface area contributed by atoms with Crippen molar-refractivity contribution in [1.29, 1.82) is 0 Å². The molecule has 29 heavy (non-hydrogen) atoms. The zero-order chi connectivity index (χ0) is 19.6. The number of carbonyl (C=O) groups excluding carboxylic acids is 1. The van der Waals surface area contributed by atoms with Crippen LogP contribution in [0.25, 0.3) is 0 Å². The molecule has 0 amide bonds. The standard InChI is InChI=1S/C21H20ClN3O3.ClH/c22-16-7-3-14(4-8-16)19(26)15-5-9-17(10-6-15)27-13-18-24-20(25-28-18)21(23)11-1-2-12-21;/h3-10H,1-2,11-13,23H2;1H. The maximum atomic E-state index is 12.5. The van der Waals surface area contributed by atoms with E-state index in [9.17, 15) is 4.79 Å². The molecule has 1 fully saturated rings. The summed E-state index contributed by atoms with van der Waals surface area (Å²) in [7, 11) is 0. The average molecular weight is 434 g/mol. The van der Waals surface area contributed by atoms with Gasteiger partial charge in [0.1, 0.15) is 5.75 Å². The Balaban J connectivity index is 0.00000240. The SMILES string of the molecule is Cl.NC1(c2noc(COc3ccc(C(=O)c4ccc(Cl)cc4)cc3)n2)CCCC1. The van der Waals surface area contributed by atoms with E-state index in [1.807, 2.05) is 0 Å². The van der Waals surface area contributed by atoms with Crippen molar-refractivity contribution in [2.24, 2.45) is 5.73 Å².